The molecule has 11 heteroatoms. The average molecular weight is 935 g/mol. The third-order valence-corrected chi connectivity index (χ3v) is 14.5. The molecule has 0 spiro atoms. The number of amidine groups is 1. The van der Waals surface area contributed by atoms with Gasteiger partial charge in [0.05, 0.1) is 0 Å². The summed E-state index contributed by atoms with van der Waals surface area (Å²) < 4.78 is 12.9. The fourth-order valence-electron chi connectivity index (χ4n) is 10.6. The van der Waals surface area contributed by atoms with Gasteiger partial charge in [0.25, 0.3) is 0 Å². The largest absolute Gasteiger partial charge is 1.00 e. The molecule has 66 heavy (non-hydrogen) atoms. The molecule has 0 aromatic heterocycles. The Morgan fingerprint density at radius 3 is 1.47 bits per heavy atom. The van der Waals surface area contributed by atoms with Gasteiger partial charge in [0.15, 0.2) is 5.78 Å². The van der Waals surface area contributed by atoms with Crippen molar-refractivity contribution in [2.75, 3.05) is 0 Å². The van der Waals surface area contributed by atoms with E-state index in [0.717, 1.165) is 58.6 Å². The Bertz CT molecular complexity index is 2110. The predicted molar refractivity (Wildman–Crippen MR) is 264 cm³/mol. The lowest BCUT2D eigenvalue weighted by Gasteiger charge is -2.47. The van der Waals surface area contributed by atoms with Crippen molar-refractivity contribution in [1.82, 2.24) is 0 Å². The molecule has 0 bridgehead atoms. The number of carboxylic acid groups (broad SMARTS) is 1. The number of fused-ring (bicyclic) bond motifs is 6. The van der Waals surface area contributed by atoms with Crippen LogP contribution in [0.2, 0.25) is 0 Å². The van der Waals surface area contributed by atoms with E-state index in [9.17, 15) is 24.9 Å². The Balaban J connectivity index is 0.000000321. The number of allylic oxidation sites excluding steroid dienone is 3. The van der Waals surface area contributed by atoms with Gasteiger partial charge in [0, 0.05) is 59.4 Å². The lowest BCUT2D eigenvalue weighted by atomic mass is 9.66. The minimum atomic E-state index is -0.862. The third kappa shape index (κ3) is 13.9. The minimum absolute atomic E-state index is 0. The molecule has 0 unspecified atom stereocenters. The maximum atomic E-state index is 12.7. The van der Waals surface area contributed by atoms with E-state index in [-0.39, 0.29) is 70.5 Å². The maximum Gasteiger partial charge on any atom is 0.331 e. The molecule has 2 heterocycles. The summed E-state index contributed by atoms with van der Waals surface area (Å²) in [6, 6.07) is 8.04. The van der Waals surface area contributed by atoms with E-state index < -0.39 is 11.6 Å². The second kappa shape index (κ2) is 23.1. The number of nitrogens with one attached hydrogen (secondary N) is 1. The van der Waals surface area contributed by atoms with Crippen LogP contribution in [0.4, 0.5) is 0 Å². The topological polar surface area (TPSA) is 189 Å². The quantitative estimate of drug-likeness (QED) is 0.0548. The van der Waals surface area contributed by atoms with Crippen molar-refractivity contribution in [2.24, 2.45) is 17.6 Å². The molecule has 0 saturated carbocycles. The van der Waals surface area contributed by atoms with Crippen LogP contribution < -0.4 is 33.0 Å². The number of carbonyl (C=O) groups excluding carboxylic acids is 1. The summed E-state index contributed by atoms with van der Waals surface area (Å²) in [5, 5.41) is 44.1. The number of aromatic hydroxyl groups is 2. The highest BCUT2D eigenvalue weighted by atomic mass is 35.5. The second-order valence-electron chi connectivity index (χ2n) is 21.8. The summed E-state index contributed by atoms with van der Waals surface area (Å²) in [4.78, 5) is 24.2. The monoisotopic (exact) mass is 934 g/mol. The number of aliphatic carboxylic acids is 1. The highest BCUT2D eigenvalue weighted by Gasteiger charge is 2.48. The van der Waals surface area contributed by atoms with E-state index in [4.69, 9.17) is 26.0 Å². The van der Waals surface area contributed by atoms with E-state index in [0.29, 0.717) is 42.1 Å². The Labute approximate surface area is 403 Å². The summed E-state index contributed by atoms with van der Waals surface area (Å²) >= 11 is 0. The number of phenols is 2. The lowest BCUT2D eigenvalue weighted by molar-refractivity contribution is -0.133. The van der Waals surface area contributed by atoms with Crippen LogP contribution in [0.25, 0.3) is 0 Å². The zero-order valence-electron chi connectivity index (χ0n) is 42.4. The molecule has 4 atom stereocenters. The number of Topliss-reactive ketones (excluding diaryl/α,β-unsaturated/α-hetero) is 1. The molecule has 368 valence electrons. The first-order chi connectivity index (χ1) is 30.3. The average Bonchev–Trinajstić information content (AvgIpc) is 3.19. The Kier molecular flexibility index (Phi) is 19.6. The number of unbranched alkanes of at least 4 members (excludes halogenated alkanes) is 6. The van der Waals surface area contributed by atoms with Crippen molar-refractivity contribution in [3.8, 4) is 23.0 Å². The number of carbonyl (C=O) groups is 2. The highest BCUT2D eigenvalue weighted by molar-refractivity contribution is 6.07. The van der Waals surface area contributed by atoms with Gasteiger partial charge in [-0.2, -0.15) is 0 Å². The standard InChI is InChI=1S/C28H41NO3.C25H36O4.C2H6N2.ClH/c1-7-8-9-10-13-27(3,4)20-16-24(31)26-21-15-19(23(30)14-18(2)29)11-12-22(21)28(5,6)32-25(26)17-20;1-6-7-8-9-12-24(2,3)17-14-20(26)22-18-13-16(23(27)28)10-11-19(18)25(4,5)29-21(22)15-17;1-2(3)4;/h11,16-17,21-22,29,31H,7-10,12-15H2,1-6H3;10,14-15,18-19,26H,6-9,11-13H2,1-5H3,(H,27,28);1H3,(H3,3,4);1H/t21-,22-;18-,19-;;/m11../s1. The molecule has 4 aliphatic rings. The molecular weight excluding hydrogens is 850 g/mol. The number of nitrogens with two attached hydrogens (primary N) is 2. The number of carboxylic acids is 1. The summed E-state index contributed by atoms with van der Waals surface area (Å²) in [5.41, 5.74) is 9.38. The van der Waals surface area contributed by atoms with Crippen LogP contribution in [0.3, 0.4) is 0 Å². The fourth-order valence-corrected chi connectivity index (χ4v) is 10.6. The summed E-state index contributed by atoms with van der Waals surface area (Å²) in [6.07, 6.45) is 18.4. The molecule has 2 aromatic carbocycles. The molecule has 8 N–H and O–H groups in total. The Hall–Kier alpha value is -4.31. The van der Waals surface area contributed by atoms with Crippen molar-refractivity contribution < 1.29 is 52.2 Å². The highest BCUT2D eigenvalue weighted by Crippen LogP contribution is 2.57. The zero-order valence-corrected chi connectivity index (χ0v) is 43.1. The van der Waals surface area contributed by atoms with Gasteiger partial charge in [0.1, 0.15) is 34.2 Å². The van der Waals surface area contributed by atoms with Crippen molar-refractivity contribution in [3.63, 3.8) is 0 Å². The van der Waals surface area contributed by atoms with Crippen LogP contribution >= 0.6 is 0 Å². The molecule has 10 nitrogen and oxygen atoms in total. The normalized spacial score (nSPS) is 21.0. The molecular formula is C55H84ClN3O7. The van der Waals surface area contributed by atoms with Crippen molar-refractivity contribution in [2.45, 2.75) is 213 Å². The van der Waals surface area contributed by atoms with Crippen LogP contribution in [-0.4, -0.2) is 49.8 Å². The fraction of sp³-hybridized carbons (Fsp3) is 0.636. The molecule has 2 aliphatic carbocycles. The third-order valence-electron chi connectivity index (χ3n) is 14.5. The van der Waals surface area contributed by atoms with Crippen LogP contribution in [-0.2, 0) is 20.4 Å². The van der Waals surface area contributed by atoms with Gasteiger partial charge in [-0.3, -0.25) is 15.9 Å². The van der Waals surface area contributed by atoms with E-state index >= 15 is 0 Å². The number of ether oxygens (including phenoxy) is 2. The van der Waals surface area contributed by atoms with Crippen LogP contribution in [0.15, 0.2) is 47.6 Å². The second-order valence-corrected chi connectivity index (χ2v) is 21.8. The molecule has 0 amide bonds. The van der Waals surface area contributed by atoms with Crippen molar-refractivity contribution in [1.29, 1.82) is 5.41 Å². The summed E-state index contributed by atoms with van der Waals surface area (Å²) in [5.74, 6) is 1.98. The summed E-state index contributed by atoms with van der Waals surface area (Å²) in [6.45, 7) is 25.1. The number of hydrogen-bond donors (Lipinski definition) is 6. The first kappa shape index (κ1) is 56.0. The minimum Gasteiger partial charge on any atom is -1.00 e. The van der Waals surface area contributed by atoms with Gasteiger partial charge < -0.3 is 42.6 Å². The molecule has 2 aliphatic heterocycles. The number of hydrogen-bond acceptors (Lipinski definition) is 7. The molecule has 6 rings (SSSR count). The SMILES string of the molecule is CC(N)=[NH2+].CCCCCCC(C)(C)c1cc(O)c2c(c1)OC(C)(C)[C@@H]1CC=C(C(=O)CC(C)=N)C[C@@H]21.CCCCCCC(C)(C)c1cc(O)c2c(c1)OC(C)(C)[C@@H]1CC=C(C(=O)O)C[C@@H]21.[Cl-]. The smallest absolute Gasteiger partial charge is 0.331 e. The molecule has 0 saturated heterocycles. The Morgan fingerprint density at radius 1 is 0.727 bits per heavy atom. The van der Waals surface area contributed by atoms with E-state index in [2.05, 4.69) is 81.4 Å². The van der Waals surface area contributed by atoms with E-state index in [1.807, 2.05) is 24.3 Å². The molecule has 0 radical (unpaired) electrons. The predicted octanol–water partition coefficient (Wildman–Crippen LogP) is 8.67. The van der Waals surface area contributed by atoms with Crippen LogP contribution in [0.1, 0.15) is 213 Å². The number of rotatable bonds is 16. The van der Waals surface area contributed by atoms with Gasteiger partial charge in [-0.15, -0.1) is 0 Å². The zero-order chi connectivity index (χ0) is 48.7. The van der Waals surface area contributed by atoms with Crippen molar-refractivity contribution in [3.05, 3.63) is 69.8 Å². The number of phenolic OH excluding ortho intramolecular Hbond substituents is 2. The Morgan fingerprint density at radius 2 is 1.11 bits per heavy atom. The lowest BCUT2D eigenvalue weighted by Crippen LogP contribution is -3.00. The van der Waals surface area contributed by atoms with Gasteiger partial charge in [0.2, 0.25) is 5.84 Å². The van der Waals surface area contributed by atoms with Gasteiger partial charge >= 0.3 is 5.97 Å². The van der Waals surface area contributed by atoms with Crippen molar-refractivity contribution >= 4 is 23.3 Å². The first-order valence-corrected chi connectivity index (χ1v) is 24.4. The number of ketones is 1. The molecule has 0 fully saturated rings. The maximum absolute atomic E-state index is 12.7. The van der Waals surface area contributed by atoms with Crippen LogP contribution in [0.5, 0.6) is 23.0 Å². The van der Waals surface area contributed by atoms with E-state index in [1.165, 1.54) is 51.4 Å². The number of halogens is 1. The first-order valence-electron chi connectivity index (χ1n) is 24.4. The summed E-state index contributed by atoms with van der Waals surface area (Å²) in [7, 11) is 0. The number of benzene rings is 2. The molecule has 2 aromatic rings. The van der Waals surface area contributed by atoms with Gasteiger partial charge in [-0.1, -0.05) is 105 Å². The van der Waals surface area contributed by atoms with Gasteiger partial charge in [-0.25, -0.2) is 4.79 Å². The van der Waals surface area contributed by atoms with Gasteiger partial charge in [-0.05, 0) is 125 Å². The van der Waals surface area contributed by atoms with Crippen LogP contribution in [0, 0.1) is 17.2 Å². The van der Waals surface area contributed by atoms with E-state index in [1.54, 1.807) is 13.8 Å².